The molecule has 4 heteroatoms. The van der Waals surface area contributed by atoms with Crippen LogP contribution in [0.4, 0.5) is 10.8 Å². The minimum Gasteiger partial charge on any atom is -0.383 e. The molecule has 1 aromatic heterocycles. The molecule has 1 atom stereocenters. The number of nitrogens with two attached hydrogens (primary N) is 1. The van der Waals surface area contributed by atoms with Gasteiger partial charge in [-0.25, -0.2) is 0 Å². The van der Waals surface area contributed by atoms with Crippen LogP contribution in [0.3, 0.4) is 0 Å². The molecule has 0 amide bonds. The monoisotopic (exact) mass is 265 g/mol. The van der Waals surface area contributed by atoms with Gasteiger partial charge in [0.05, 0.1) is 0 Å². The topological polar surface area (TPSA) is 42.2 Å². The third-order valence-corrected chi connectivity index (χ3v) is 5.37. The summed E-state index contributed by atoms with van der Waals surface area (Å²) in [6.45, 7) is 4.71. The van der Waals surface area contributed by atoms with E-state index in [2.05, 4.69) is 16.2 Å². The lowest BCUT2D eigenvalue weighted by Crippen LogP contribution is -2.24. The molecule has 2 aliphatic rings. The van der Waals surface area contributed by atoms with E-state index < -0.39 is 0 Å². The Labute approximate surface area is 114 Å². The van der Waals surface area contributed by atoms with Gasteiger partial charge in [-0.15, -0.1) is 0 Å². The number of rotatable bonds is 3. The molecule has 2 N–H and O–H groups in total. The summed E-state index contributed by atoms with van der Waals surface area (Å²) in [4.78, 5) is 2.55. The standard InChI is InChI=1S/C14H23N3S/c1-2-10-4-3-8-17(9-7-10)14-12(11-5-6-11)13(15)16-18-14/h10-11H,2-9H2,1H3,(H2,15,16). The van der Waals surface area contributed by atoms with E-state index in [9.17, 15) is 0 Å². The fraction of sp³-hybridized carbons (Fsp3) is 0.786. The van der Waals surface area contributed by atoms with Crippen LogP contribution >= 0.6 is 11.5 Å². The van der Waals surface area contributed by atoms with Gasteiger partial charge in [0.15, 0.2) is 0 Å². The highest BCUT2D eigenvalue weighted by atomic mass is 32.1. The third kappa shape index (κ3) is 2.35. The van der Waals surface area contributed by atoms with E-state index in [4.69, 9.17) is 5.73 Å². The Hall–Kier alpha value is -0.770. The first-order valence-electron chi connectivity index (χ1n) is 7.29. The van der Waals surface area contributed by atoms with Gasteiger partial charge in [0.1, 0.15) is 10.8 Å². The number of anilines is 2. The molecule has 3 nitrogen and oxygen atoms in total. The van der Waals surface area contributed by atoms with Crippen LogP contribution in [0.5, 0.6) is 0 Å². The Bertz CT molecular complexity index is 411. The Morgan fingerprint density at radius 1 is 1.28 bits per heavy atom. The fourth-order valence-electron chi connectivity index (χ4n) is 3.06. The summed E-state index contributed by atoms with van der Waals surface area (Å²) < 4.78 is 4.40. The summed E-state index contributed by atoms with van der Waals surface area (Å²) in [5.41, 5.74) is 7.42. The largest absolute Gasteiger partial charge is 0.383 e. The van der Waals surface area contributed by atoms with Gasteiger partial charge in [-0.3, -0.25) is 0 Å². The van der Waals surface area contributed by atoms with Gasteiger partial charge >= 0.3 is 0 Å². The van der Waals surface area contributed by atoms with Crippen molar-refractivity contribution in [3.63, 3.8) is 0 Å². The number of aromatic nitrogens is 1. The Morgan fingerprint density at radius 3 is 2.83 bits per heavy atom. The molecule has 2 heterocycles. The molecular formula is C14H23N3S. The molecule has 0 spiro atoms. The quantitative estimate of drug-likeness (QED) is 0.907. The maximum atomic E-state index is 6.05. The Balaban J connectivity index is 1.77. The maximum Gasteiger partial charge on any atom is 0.142 e. The number of hydrogen-bond acceptors (Lipinski definition) is 4. The number of nitrogen functional groups attached to an aromatic ring is 1. The van der Waals surface area contributed by atoms with E-state index >= 15 is 0 Å². The summed E-state index contributed by atoms with van der Waals surface area (Å²) in [5.74, 6) is 2.43. The first-order chi connectivity index (χ1) is 8.79. The number of nitrogens with zero attached hydrogens (tertiary/aromatic N) is 2. The molecule has 3 rings (SSSR count). The van der Waals surface area contributed by atoms with Crippen LogP contribution in [0.25, 0.3) is 0 Å². The van der Waals surface area contributed by atoms with Crippen LogP contribution in [0.2, 0.25) is 0 Å². The minimum absolute atomic E-state index is 0.712. The zero-order chi connectivity index (χ0) is 12.5. The van der Waals surface area contributed by atoms with Crippen LogP contribution in [-0.2, 0) is 0 Å². The van der Waals surface area contributed by atoms with E-state index in [1.807, 2.05) is 0 Å². The van der Waals surface area contributed by atoms with Crippen LogP contribution in [0, 0.1) is 5.92 Å². The molecule has 1 aliphatic carbocycles. The predicted molar refractivity (Wildman–Crippen MR) is 78.3 cm³/mol. The lowest BCUT2D eigenvalue weighted by Gasteiger charge is -2.22. The molecule has 0 radical (unpaired) electrons. The molecule has 100 valence electrons. The summed E-state index contributed by atoms with van der Waals surface area (Å²) in [5, 5.41) is 1.38. The van der Waals surface area contributed by atoms with Crippen molar-refractivity contribution in [2.75, 3.05) is 23.7 Å². The molecule has 1 aromatic rings. The lowest BCUT2D eigenvalue weighted by molar-refractivity contribution is 0.459. The van der Waals surface area contributed by atoms with Crippen molar-refractivity contribution in [3.05, 3.63) is 5.56 Å². The summed E-state index contributed by atoms with van der Waals surface area (Å²) in [6.07, 6.45) is 7.98. The second kappa shape index (κ2) is 5.08. The lowest BCUT2D eigenvalue weighted by atomic mass is 9.98. The van der Waals surface area contributed by atoms with Gasteiger partial charge in [-0.2, -0.15) is 4.37 Å². The Kier molecular flexibility index (Phi) is 3.46. The average Bonchev–Trinajstić information content (AvgIpc) is 3.17. The highest BCUT2D eigenvalue weighted by Gasteiger charge is 2.32. The third-order valence-electron chi connectivity index (χ3n) is 4.43. The van der Waals surface area contributed by atoms with Crippen LogP contribution in [-0.4, -0.2) is 17.5 Å². The highest BCUT2D eigenvalue weighted by molar-refractivity contribution is 7.10. The zero-order valence-electron chi connectivity index (χ0n) is 11.2. The van der Waals surface area contributed by atoms with Gasteiger partial charge in [-0.1, -0.05) is 13.3 Å². The van der Waals surface area contributed by atoms with Crippen LogP contribution in [0.1, 0.15) is 56.9 Å². The van der Waals surface area contributed by atoms with Crippen molar-refractivity contribution >= 4 is 22.4 Å². The smallest absolute Gasteiger partial charge is 0.142 e. The molecule has 18 heavy (non-hydrogen) atoms. The van der Waals surface area contributed by atoms with Gasteiger partial charge in [0.25, 0.3) is 0 Å². The minimum atomic E-state index is 0.712. The first kappa shape index (κ1) is 12.3. The van der Waals surface area contributed by atoms with E-state index in [0.29, 0.717) is 5.92 Å². The van der Waals surface area contributed by atoms with Gasteiger partial charge < -0.3 is 10.6 Å². The molecular weight excluding hydrogens is 242 g/mol. The fourth-order valence-corrected chi connectivity index (χ4v) is 4.01. The SMILES string of the molecule is CCC1CCCN(c2snc(N)c2C2CC2)CC1. The van der Waals surface area contributed by atoms with Crippen molar-refractivity contribution in [2.24, 2.45) is 5.92 Å². The van der Waals surface area contributed by atoms with E-state index in [1.165, 1.54) is 62.2 Å². The predicted octanol–water partition coefficient (Wildman–Crippen LogP) is 3.62. The van der Waals surface area contributed by atoms with Crippen LogP contribution in [0.15, 0.2) is 0 Å². The van der Waals surface area contributed by atoms with E-state index in [-0.39, 0.29) is 0 Å². The average molecular weight is 265 g/mol. The van der Waals surface area contributed by atoms with Crippen molar-refractivity contribution in [2.45, 2.75) is 51.4 Å². The van der Waals surface area contributed by atoms with Gasteiger partial charge in [0, 0.05) is 18.7 Å². The number of hydrogen-bond donors (Lipinski definition) is 1. The first-order valence-corrected chi connectivity index (χ1v) is 8.07. The van der Waals surface area contributed by atoms with Crippen molar-refractivity contribution < 1.29 is 0 Å². The zero-order valence-corrected chi connectivity index (χ0v) is 12.0. The van der Waals surface area contributed by atoms with Gasteiger partial charge in [0.2, 0.25) is 0 Å². The van der Waals surface area contributed by atoms with E-state index in [1.54, 1.807) is 11.5 Å². The van der Waals surface area contributed by atoms with Crippen LogP contribution < -0.4 is 10.6 Å². The van der Waals surface area contributed by atoms with E-state index in [0.717, 1.165) is 11.7 Å². The molecule has 2 fully saturated rings. The molecule has 0 bridgehead atoms. The summed E-state index contributed by atoms with van der Waals surface area (Å²) in [6, 6.07) is 0. The molecule has 1 saturated heterocycles. The van der Waals surface area contributed by atoms with Crippen molar-refractivity contribution in [3.8, 4) is 0 Å². The molecule has 1 aliphatic heterocycles. The summed E-state index contributed by atoms with van der Waals surface area (Å²) in [7, 11) is 0. The normalized spacial score (nSPS) is 25.2. The molecule has 1 unspecified atom stereocenters. The summed E-state index contributed by atoms with van der Waals surface area (Å²) >= 11 is 1.62. The van der Waals surface area contributed by atoms with Crippen molar-refractivity contribution in [1.29, 1.82) is 0 Å². The Morgan fingerprint density at radius 2 is 2.11 bits per heavy atom. The van der Waals surface area contributed by atoms with Crippen molar-refractivity contribution in [1.82, 2.24) is 4.37 Å². The maximum absolute atomic E-state index is 6.05. The second-order valence-corrected chi connectivity index (χ2v) is 6.50. The highest BCUT2D eigenvalue weighted by Crippen LogP contribution is 2.49. The van der Waals surface area contributed by atoms with Gasteiger partial charge in [-0.05, 0) is 55.5 Å². The molecule has 1 saturated carbocycles. The molecule has 0 aromatic carbocycles. The second-order valence-electron chi connectivity index (χ2n) is 5.75.